The van der Waals surface area contributed by atoms with E-state index in [-0.39, 0.29) is 13.0 Å². The second-order valence-electron chi connectivity index (χ2n) is 5.29. The molecule has 0 aliphatic heterocycles. The summed E-state index contributed by atoms with van der Waals surface area (Å²) >= 11 is 0. The molecule has 8 heteroatoms. The van der Waals surface area contributed by atoms with Crippen LogP contribution in [0.25, 0.3) is 0 Å². The first kappa shape index (κ1) is 19.5. The highest BCUT2D eigenvalue weighted by Crippen LogP contribution is 2.13. The van der Waals surface area contributed by atoms with E-state index >= 15 is 0 Å². The number of hydrogen-bond acceptors (Lipinski definition) is 4. The maximum absolute atomic E-state index is 13.5. The lowest BCUT2D eigenvalue weighted by Gasteiger charge is -2.19. The number of benzene rings is 1. The van der Waals surface area contributed by atoms with Crippen LogP contribution in [0.5, 0.6) is 0 Å². The largest absolute Gasteiger partial charge is 0.466 e. The van der Waals surface area contributed by atoms with Gasteiger partial charge in [-0.05, 0) is 25.5 Å². The first-order valence-corrected chi connectivity index (χ1v) is 7.44. The van der Waals surface area contributed by atoms with Gasteiger partial charge in [-0.15, -0.1) is 0 Å². The van der Waals surface area contributed by atoms with Crippen LogP contribution in [-0.4, -0.2) is 30.4 Å². The molecule has 3 N–H and O–H groups in total. The van der Waals surface area contributed by atoms with Crippen molar-refractivity contribution in [1.29, 1.82) is 0 Å². The molecule has 0 bridgehead atoms. The highest BCUT2D eigenvalue weighted by atomic mass is 19.1. The van der Waals surface area contributed by atoms with Crippen molar-refractivity contribution in [2.24, 2.45) is 11.7 Å². The predicted octanol–water partition coefficient (Wildman–Crippen LogP) is 1.07. The number of rotatable bonds is 8. The van der Waals surface area contributed by atoms with Gasteiger partial charge < -0.3 is 15.8 Å². The van der Waals surface area contributed by atoms with Gasteiger partial charge in [0.15, 0.2) is 0 Å². The standard InChI is InChI=1S/C16H20F2N2O4/c1-3-24-16(23)9(2)7-13(15(19)22)20-14(21)8-10-11(17)5-4-6-12(10)18/h4-6,9,13H,3,7-8H2,1-2H3,(H2,19,22)(H,20,21)/t9-,13-/m0/s1. The van der Waals surface area contributed by atoms with Crippen molar-refractivity contribution in [3.8, 4) is 0 Å². The summed E-state index contributed by atoms with van der Waals surface area (Å²) in [6, 6.07) is 2.09. The molecule has 0 heterocycles. The number of esters is 1. The van der Waals surface area contributed by atoms with Crippen LogP contribution in [0.2, 0.25) is 0 Å². The summed E-state index contributed by atoms with van der Waals surface area (Å²) in [5.74, 6) is -4.56. The van der Waals surface area contributed by atoms with Gasteiger partial charge in [-0.2, -0.15) is 0 Å². The molecule has 132 valence electrons. The maximum Gasteiger partial charge on any atom is 0.308 e. The number of amides is 2. The Morgan fingerprint density at radius 1 is 1.25 bits per heavy atom. The highest BCUT2D eigenvalue weighted by Gasteiger charge is 2.25. The zero-order valence-corrected chi connectivity index (χ0v) is 13.5. The summed E-state index contributed by atoms with van der Waals surface area (Å²) in [6.45, 7) is 3.35. The zero-order chi connectivity index (χ0) is 18.3. The minimum Gasteiger partial charge on any atom is -0.466 e. The third-order valence-electron chi connectivity index (χ3n) is 3.36. The number of ether oxygens (including phenoxy) is 1. The van der Waals surface area contributed by atoms with E-state index in [0.717, 1.165) is 12.1 Å². The van der Waals surface area contributed by atoms with Gasteiger partial charge in [-0.25, -0.2) is 8.78 Å². The van der Waals surface area contributed by atoms with Gasteiger partial charge in [0.05, 0.1) is 18.9 Å². The SMILES string of the molecule is CCOC(=O)[C@@H](C)C[C@H](NC(=O)Cc1c(F)cccc1F)C(N)=O. The first-order valence-electron chi connectivity index (χ1n) is 7.44. The molecule has 0 aliphatic carbocycles. The Morgan fingerprint density at radius 3 is 2.33 bits per heavy atom. The Bertz CT molecular complexity index is 602. The van der Waals surface area contributed by atoms with Crippen molar-refractivity contribution in [3.63, 3.8) is 0 Å². The molecular weight excluding hydrogens is 322 g/mol. The monoisotopic (exact) mass is 342 g/mol. The minimum absolute atomic E-state index is 0.0698. The molecule has 0 unspecified atom stereocenters. The number of halogens is 2. The van der Waals surface area contributed by atoms with Crippen molar-refractivity contribution >= 4 is 17.8 Å². The van der Waals surface area contributed by atoms with Crippen LogP contribution >= 0.6 is 0 Å². The zero-order valence-electron chi connectivity index (χ0n) is 13.5. The fraction of sp³-hybridized carbons (Fsp3) is 0.438. The fourth-order valence-corrected chi connectivity index (χ4v) is 2.09. The van der Waals surface area contributed by atoms with Crippen molar-refractivity contribution < 1.29 is 27.9 Å². The summed E-state index contributed by atoms with van der Waals surface area (Å²) in [7, 11) is 0. The van der Waals surface area contributed by atoms with Crippen LogP contribution in [0.3, 0.4) is 0 Å². The van der Waals surface area contributed by atoms with Gasteiger partial charge in [0.1, 0.15) is 17.7 Å². The Morgan fingerprint density at radius 2 is 1.83 bits per heavy atom. The number of primary amides is 1. The molecular formula is C16H20F2N2O4. The molecule has 0 aromatic heterocycles. The third-order valence-corrected chi connectivity index (χ3v) is 3.36. The van der Waals surface area contributed by atoms with E-state index in [0.29, 0.717) is 0 Å². The number of hydrogen-bond donors (Lipinski definition) is 2. The normalized spacial score (nSPS) is 13.0. The molecule has 0 aliphatic rings. The third kappa shape index (κ3) is 5.60. The van der Waals surface area contributed by atoms with E-state index in [2.05, 4.69) is 5.32 Å². The molecule has 2 amide bonds. The lowest BCUT2D eigenvalue weighted by molar-refractivity contribution is -0.148. The number of carbonyl (C=O) groups is 3. The van der Waals surface area contributed by atoms with E-state index in [9.17, 15) is 23.2 Å². The average Bonchev–Trinajstić information content (AvgIpc) is 2.50. The van der Waals surface area contributed by atoms with E-state index in [1.807, 2.05) is 0 Å². The Labute approximate surface area is 138 Å². The van der Waals surface area contributed by atoms with Crippen LogP contribution in [0.1, 0.15) is 25.8 Å². The molecule has 1 aromatic carbocycles. The summed E-state index contributed by atoms with van der Waals surface area (Å²) in [5, 5.41) is 2.29. The van der Waals surface area contributed by atoms with Gasteiger partial charge >= 0.3 is 5.97 Å². The van der Waals surface area contributed by atoms with Crippen LogP contribution in [0.15, 0.2) is 18.2 Å². The quantitative estimate of drug-likeness (QED) is 0.690. The van der Waals surface area contributed by atoms with Gasteiger partial charge in [-0.3, -0.25) is 14.4 Å². The molecule has 0 spiro atoms. The Kier molecular flexibility index (Phi) is 7.29. The summed E-state index contributed by atoms with van der Waals surface area (Å²) < 4.78 is 31.9. The fourth-order valence-electron chi connectivity index (χ4n) is 2.09. The van der Waals surface area contributed by atoms with Crippen molar-refractivity contribution in [1.82, 2.24) is 5.32 Å². The lowest BCUT2D eigenvalue weighted by Crippen LogP contribution is -2.46. The Hall–Kier alpha value is -2.51. The second kappa shape index (κ2) is 8.95. The molecule has 0 radical (unpaired) electrons. The van der Waals surface area contributed by atoms with Crippen LogP contribution < -0.4 is 11.1 Å². The van der Waals surface area contributed by atoms with E-state index in [1.54, 1.807) is 6.92 Å². The van der Waals surface area contributed by atoms with Crippen molar-refractivity contribution in [3.05, 3.63) is 35.4 Å². The molecule has 24 heavy (non-hydrogen) atoms. The number of nitrogens with two attached hydrogens (primary N) is 1. The first-order chi connectivity index (χ1) is 11.3. The lowest BCUT2D eigenvalue weighted by atomic mass is 10.0. The smallest absolute Gasteiger partial charge is 0.308 e. The highest BCUT2D eigenvalue weighted by molar-refractivity contribution is 5.88. The maximum atomic E-state index is 13.5. The van der Waals surface area contributed by atoms with E-state index in [4.69, 9.17) is 10.5 Å². The van der Waals surface area contributed by atoms with Crippen LogP contribution in [0.4, 0.5) is 8.78 Å². The second-order valence-corrected chi connectivity index (χ2v) is 5.29. The molecule has 0 saturated heterocycles. The number of carbonyl (C=O) groups excluding carboxylic acids is 3. The van der Waals surface area contributed by atoms with Crippen LogP contribution in [-0.2, 0) is 25.5 Å². The van der Waals surface area contributed by atoms with Crippen LogP contribution in [0, 0.1) is 17.6 Å². The Balaban J connectivity index is 2.73. The van der Waals surface area contributed by atoms with Crippen molar-refractivity contribution in [2.75, 3.05) is 6.61 Å². The predicted molar refractivity (Wildman–Crippen MR) is 81.6 cm³/mol. The molecule has 1 rings (SSSR count). The van der Waals surface area contributed by atoms with Gasteiger partial charge in [-0.1, -0.05) is 13.0 Å². The van der Waals surface area contributed by atoms with Gasteiger partial charge in [0.2, 0.25) is 11.8 Å². The molecule has 0 fully saturated rings. The van der Waals surface area contributed by atoms with Gasteiger partial charge in [0.25, 0.3) is 0 Å². The average molecular weight is 342 g/mol. The molecule has 2 atom stereocenters. The molecule has 0 saturated carbocycles. The van der Waals surface area contributed by atoms with E-state index < -0.39 is 53.4 Å². The van der Waals surface area contributed by atoms with Crippen molar-refractivity contribution in [2.45, 2.75) is 32.7 Å². The number of nitrogens with one attached hydrogen (secondary N) is 1. The molecule has 6 nitrogen and oxygen atoms in total. The molecule has 1 aromatic rings. The van der Waals surface area contributed by atoms with E-state index in [1.165, 1.54) is 13.0 Å². The topological polar surface area (TPSA) is 98.5 Å². The minimum atomic E-state index is -1.15. The summed E-state index contributed by atoms with van der Waals surface area (Å²) in [6.07, 6.45) is -0.657. The summed E-state index contributed by atoms with van der Waals surface area (Å²) in [4.78, 5) is 35.0. The summed E-state index contributed by atoms with van der Waals surface area (Å²) in [5.41, 5.74) is 4.80. The van der Waals surface area contributed by atoms with Gasteiger partial charge in [0, 0.05) is 5.56 Å².